The average molecular weight is 359 g/mol. The van der Waals surface area contributed by atoms with Crippen LogP contribution in [0.1, 0.15) is 26.5 Å². The first-order valence-corrected chi connectivity index (χ1v) is 8.94. The summed E-state index contributed by atoms with van der Waals surface area (Å²) in [7, 11) is 0. The van der Waals surface area contributed by atoms with Crippen LogP contribution in [0.2, 0.25) is 0 Å². The number of rotatable bonds is 4. The number of carbonyl (C=O) groups is 2. The highest BCUT2D eigenvalue weighted by Gasteiger charge is 2.56. The molecule has 0 spiro atoms. The minimum absolute atomic E-state index is 0.0294. The van der Waals surface area contributed by atoms with Gasteiger partial charge in [-0.2, -0.15) is 0 Å². The molecule has 1 N–H and O–H groups in total. The number of fused-ring (bicyclic) bond motifs is 1. The smallest absolute Gasteiger partial charge is 0.411 e. The lowest BCUT2D eigenvalue weighted by molar-refractivity contribution is -0.135. The van der Waals surface area contributed by atoms with E-state index < -0.39 is 6.09 Å². The Labute approximate surface area is 151 Å². The number of pyridine rings is 1. The molecule has 1 unspecified atom stereocenters. The van der Waals surface area contributed by atoms with Gasteiger partial charge in [-0.1, -0.05) is 12.7 Å². The van der Waals surface area contributed by atoms with Gasteiger partial charge in [-0.3, -0.25) is 15.1 Å². The molecule has 1 aromatic rings. The Balaban J connectivity index is 1.74. The van der Waals surface area contributed by atoms with E-state index in [0.29, 0.717) is 11.4 Å². The molecule has 3 rings (SSSR count). The van der Waals surface area contributed by atoms with Gasteiger partial charge < -0.3 is 9.64 Å². The summed E-state index contributed by atoms with van der Waals surface area (Å²) in [6, 6.07) is 3.58. The fraction of sp³-hybridized carbons (Fsp3) is 0.389. The van der Waals surface area contributed by atoms with Gasteiger partial charge in [0.25, 0.3) is 5.91 Å². The lowest BCUT2D eigenvalue weighted by atomic mass is 9.96. The van der Waals surface area contributed by atoms with Crippen molar-refractivity contribution in [3.05, 3.63) is 42.3 Å². The summed E-state index contributed by atoms with van der Waals surface area (Å²) in [5, 5.41) is 2.70. The molecule has 7 heteroatoms. The number of β-lactam (4-membered cyclic amide) rings is 1. The van der Waals surface area contributed by atoms with Crippen LogP contribution in [0.15, 0.2) is 36.6 Å². The van der Waals surface area contributed by atoms with E-state index in [-0.39, 0.29) is 28.7 Å². The first-order chi connectivity index (χ1) is 11.8. The van der Waals surface area contributed by atoms with Crippen molar-refractivity contribution in [1.82, 2.24) is 9.88 Å². The summed E-state index contributed by atoms with van der Waals surface area (Å²) in [6.07, 6.45) is 4.32. The molecule has 2 atom stereocenters. The third kappa shape index (κ3) is 3.28. The Kier molecular flexibility index (Phi) is 4.60. The molecule has 132 valence electrons. The van der Waals surface area contributed by atoms with Gasteiger partial charge in [0, 0.05) is 22.7 Å². The van der Waals surface area contributed by atoms with Gasteiger partial charge in [-0.15, -0.1) is 11.8 Å². The number of nitrogens with one attached hydrogen (secondary N) is 1. The molecule has 0 aliphatic carbocycles. The van der Waals surface area contributed by atoms with Crippen LogP contribution in [0.4, 0.5) is 10.5 Å². The fourth-order valence-electron chi connectivity index (χ4n) is 2.85. The third-order valence-electron chi connectivity index (χ3n) is 4.50. The molecule has 0 bridgehead atoms. The fourth-order valence-corrected chi connectivity index (χ4v) is 4.42. The SMILES string of the molecule is C=CCOC(=O)Nc1ccnc(/C=C2/C(=O)N3C2SC(C)(C)[C@@H]3C)c1. The highest BCUT2D eigenvalue weighted by atomic mass is 32.2. The van der Waals surface area contributed by atoms with E-state index in [1.165, 1.54) is 6.08 Å². The molecule has 25 heavy (non-hydrogen) atoms. The summed E-state index contributed by atoms with van der Waals surface area (Å²) in [6.45, 7) is 10.0. The number of hydrogen-bond acceptors (Lipinski definition) is 5. The van der Waals surface area contributed by atoms with Crippen molar-refractivity contribution in [2.75, 3.05) is 11.9 Å². The molecule has 6 nitrogen and oxygen atoms in total. The summed E-state index contributed by atoms with van der Waals surface area (Å²) >= 11 is 1.79. The topological polar surface area (TPSA) is 71.5 Å². The number of amides is 2. The lowest BCUT2D eigenvalue weighted by Crippen LogP contribution is -2.54. The summed E-state index contributed by atoms with van der Waals surface area (Å²) in [5.41, 5.74) is 1.94. The van der Waals surface area contributed by atoms with E-state index in [1.54, 1.807) is 36.2 Å². The van der Waals surface area contributed by atoms with Crippen molar-refractivity contribution >= 4 is 35.5 Å². The van der Waals surface area contributed by atoms with Crippen molar-refractivity contribution < 1.29 is 14.3 Å². The van der Waals surface area contributed by atoms with E-state index in [9.17, 15) is 9.59 Å². The van der Waals surface area contributed by atoms with Gasteiger partial charge in [-0.05, 0) is 39.0 Å². The Morgan fingerprint density at radius 3 is 3.04 bits per heavy atom. The Hall–Kier alpha value is -2.28. The maximum Gasteiger partial charge on any atom is 0.411 e. The zero-order valence-corrected chi connectivity index (χ0v) is 15.3. The van der Waals surface area contributed by atoms with Crippen molar-refractivity contribution in [2.45, 2.75) is 36.9 Å². The van der Waals surface area contributed by atoms with Crippen LogP contribution in [0, 0.1) is 0 Å². The zero-order valence-electron chi connectivity index (χ0n) is 14.5. The molecule has 0 radical (unpaired) electrons. The van der Waals surface area contributed by atoms with E-state index in [4.69, 9.17) is 4.74 Å². The Morgan fingerprint density at radius 2 is 2.32 bits per heavy atom. The molecule has 2 aliphatic rings. The van der Waals surface area contributed by atoms with Crippen molar-refractivity contribution in [3.63, 3.8) is 0 Å². The molecule has 1 aromatic heterocycles. The van der Waals surface area contributed by atoms with E-state index >= 15 is 0 Å². The highest BCUT2D eigenvalue weighted by molar-refractivity contribution is 8.01. The molecule has 2 amide bonds. The summed E-state index contributed by atoms with van der Waals surface area (Å²) in [5.74, 6) is 0.0566. The zero-order chi connectivity index (χ0) is 18.2. The standard InChI is InChI=1S/C18H21N3O3S/c1-5-8-24-17(23)20-12-6-7-19-13(9-12)10-14-15(22)21-11(2)18(3,4)25-16(14)21/h5-7,9-11,16H,1,8H2,2-4H3,(H,19,20,23)/b14-10-/t11-,16?/m0/s1. The lowest BCUT2D eigenvalue weighted by Gasteiger charge is -2.39. The number of carbonyl (C=O) groups excluding carboxylic acids is 2. The van der Waals surface area contributed by atoms with Crippen LogP contribution in [0.3, 0.4) is 0 Å². The predicted octanol–water partition coefficient (Wildman–Crippen LogP) is 3.28. The normalized spacial score (nSPS) is 25.3. The molecule has 2 fully saturated rings. The number of aromatic nitrogens is 1. The maximum atomic E-state index is 12.4. The second-order valence-corrected chi connectivity index (χ2v) is 8.28. The minimum Gasteiger partial charge on any atom is -0.445 e. The van der Waals surface area contributed by atoms with Crippen LogP contribution in [-0.4, -0.2) is 44.7 Å². The summed E-state index contributed by atoms with van der Waals surface area (Å²) < 4.78 is 4.92. The van der Waals surface area contributed by atoms with E-state index in [1.807, 2.05) is 4.90 Å². The second kappa shape index (κ2) is 6.55. The molecular weight excluding hydrogens is 338 g/mol. The van der Waals surface area contributed by atoms with Crippen molar-refractivity contribution in [2.24, 2.45) is 0 Å². The largest absolute Gasteiger partial charge is 0.445 e. The first kappa shape index (κ1) is 17.5. The van der Waals surface area contributed by atoms with Gasteiger partial charge >= 0.3 is 6.09 Å². The molecular formula is C18H21N3O3S. The van der Waals surface area contributed by atoms with Crippen molar-refractivity contribution in [1.29, 1.82) is 0 Å². The van der Waals surface area contributed by atoms with Crippen LogP contribution in [0.5, 0.6) is 0 Å². The third-order valence-corrected chi connectivity index (χ3v) is 6.15. The van der Waals surface area contributed by atoms with Gasteiger partial charge in [0.2, 0.25) is 0 Å². The molecule has 2 aliphatic heterocycles. The van der Waals surface area contributed by atoms with Crippen molar-refractivity contribution in [3.8, 4) is 0 Å². The Bertz CT molecular complexity index is 760. The predicted molar refractivity (Wildman–Crippen MR) is 99.1 cm³/mol. The average Bonchev–Trinajstić information content (AvgIpc) is 2.78. The first-order valence-electron chi connectivity index (χ1n) is 8.06. The molecule has 0 aromatic carbocycles. The number of thioether (sulfide) groups is 1. The number of nitrogens with zero attached hydrogens (tertiary/aromatic N) is 2. The number of hydrogen-bond donors (Lipinski definition) is 1. The highest BCUT2D eigenvalue weighted by Crippen LogP contribution is 2.53. The molecule has 3 heterocycles. The van der Waals surface area contributed by atoms with Crippen LogP contribution >= 0.6 is 11.8 Å². The molecule has 0 saturated carbocycles. The number of ether oxygens (including phenoxy) is 1. The second-order valence-electron chi connectivity index (χ2n) is 6.54. The monoisotopic (exact) mass is 359 g/mol. The summed E-state index contributed by atoms with van der Waals surface area (Å²) in [4.78, 5) is 30.2. The van der Waals surface area contributed by atoms with Gasteiger partial charge in [0.15, 0.2) is 0 Å². The van der Waals surface area contributed by atoms with Gasteiger partial charge in [0.1, 0.15) is 12.0 Å². The molecule has 2 saturated heterocycles. The van der Waals surface area contributed by atoms with Crippen LogP contribution in [-0.2, 0) is 9.53 Å². The van der Waals surface area contributed by atoms with Gasteiger partial charge in [-0.25, -0.2) is 4.79 Å². The van der Waals surface area contributed by atoms with Gasteiger partial charge in [0.05, 0.1) is 11.3 Å². The van der Waals surface area contributed by atoms with E-state index in [0.717, 1.165) is 5.57 Å². The van der Waals surface area contributed by atoms with Crippen LogP contribution < -0.4 is 5.32 Å². The maximum absolute atomic E-state index is 12.4. The number of anilines is 1. The minimum atomic E-state index is -0.558. The van der Waals surface area contributed by atoms with E-state index in [2.05, 4.69) is 37.7 Å². The quantitative estimate of drug-likeness (QED) is 0.507. The van der Waals surface area contributed by atoms with Crippen LogP contribution in [0.25, 0.3) is 6.08 Å². The Morgan fingerprint density at radius 1 is 1.56 bits per heavy atom.